The van der Waals surface area contributed by atoms with E-state index >= 15 is 0 Å². The van der Waals surface area contributed by atoms with Crippen molar-refractivity contribution in [3.8, 4) is 5.88 Å². The third-order valence-corrected chi connectivity index (χ3v) is 1.79. The summed E-state index contributed by atoms with van der Waals surface area (Å²) in [7, 11) is 1.58. The molecule has 0 atom stereocenters. The van der Waals surface area contributed by atoms with Crippen LogP contribution >= 0.6 is 0 Å². The summed E-state index contributed by atoms with van der Waals surface area (Å²) in [6.07, 6.45) is 2.54. The second kappa shape index (κ2) is 5.21. The van der Waals surface area contributed by atoms with Gasteiger partial charge < -0.3 is 10.1 Å². The van der Waals surface area contributed by atoms with E-state index in [2.05, 4.69) is 10.3 Å². The number of hydrogen-bond acceptors (Lipinski definition) is 3. The van der Waals surface area contributed by atoms with Gasteiger partial charge in [0.2, 0.25) is 11.8 Å². The SMILES string of the molecule is COc1ccc(CCNC(C)=O)cn1. The van der Waals surface area contributed by atoms with Gasteiger partial charge in [0.05, 0.1) is 7.11 Å². The highest BCUT2D eigenvalue weighted by Gasteiger charge is 1.96. The van der Waals surface area contributed by atoms with Crippen LogP contribution in [0, 0.1) is 0 Å². The molecule has 0 fully saturated rings. The van der Waals surface area contributed by atoms with E-state index in [9.17, 15) is 4.79 Å². The van der Waals surface area contributed by atoms with Crippen molar-refractivity contribution >= 4 is 5.91 Å². The van der Waals surface area contributed by atoms with Gasteiger partial charge in [-0.15, -0.1) is 0 Å². The van der Waals surface area contributed by atoms with Crippen LogP contribution in [0.1, 0.15) is 12.5 Å². The maximum atomic E-state index is 10.6. The number of nitrogens with one attached hydrogen (secondary N) is 1. The first-order chi connectivity index (χ1) is 6.72. The Morgan fingerprint density at radius 3 is 2.86 bits per heavy atom. The zero-order valence-corrected chi connectivity index (χ0v) is 8.41. The monoisotopic (exact) mass is 194 g/mol. The molecule has 0 aliphatic heterocycles. The minimum absolute atomic E-state index is 0.00790. The van der Waals surface area contributed by atoms with E-state index in [0.717, 1.165) is 12.0 Å². The topological polar surface area (TPSA) is 51.2 Å². The van der Waals surface area contributed by atoms with Crippen LogP contribution in [-0.4, -0.2) is 24.5 Å². The minimum Gasteiger partial charge on any atom is -0.481 e. The zero-order chi connectivity index (χ0) is 10.4. The van der Waals surface area contributed by atoms with Crippen molar-refractivity contribution < 1.29 is 9.53 Å². The molecule has 1 rings (SSSR count). The van der Waals surface area contributed by atoms with Gasteiger partial charge in [0, 0.05) is 25.7 Å². The van der Waals surface area contributed by atoms with Crippen molar-refractivity contribution in [1.82, 2.24) is 10.3 Å². The second-order valence-electron chi connectivity index (χ2n) is 2.94. The summed E-state index contributed by atoms with van der Waals surface area (Å²) in [6.45, 7) is 2.15. The van der Waals surface area contributed by atoms with Crippen LogP contribution < -0.4 is 10.1 Å². The molecule has 14 heavy (non-hydrogen) atoms. The lowest BCUT2D eigenvalue weighted by molar-refractivity contribution is -0.118. The molecule has 76 valence electrons. The van der Waals surface area contributed by atoms with E-state index in [0.29, 0.717) is 12.4 Å². The summed E-state index contributed by atoms with van der Waals surface area (Å²) in [4.78, 5) is 14.6. The molecule has 4 nitrogen and oxygen atoms in total. The van der Waals surface area contributed by atoms with Gasteiger partial charge in [0.15, 0.2) is 0 Å². The number of methoxy groups -OCH3 is 1. The highest BCUT2D eigenvalue weighted by atomic mass is 16.5. The fraction of sp³-hybridized carbons (Fsp3) is 0.400. The molecule has 0 saturated carbocycles. The van der Waals surface area contributed by atoms with Gasteiger partial charge in [0.1, 0.15) is 0 Å². The van der Waals surface area contributed by atoms with Crippen LogP contribution in [0.15, 0.2) is 18.3 Å². The Kier molecular flexibility index (Phi) is 3.91. The fourth-order valence-corrected chi connectivity index (χ4v) is 1.06. The molecule has 1 heterocycles. The highest BCUT2D eigenvalue weighted by molar-refractivity contribution is 5.72. The Hall–Kier alpha value is -1.58. The summed E-state index contributed by atoms with van der Waals surface area (Å²) < 4.78 is 4.93. The summed E-state index contributed by atoms with van der Waals surface area (Å²) in [5, 5.41) is 2.72. The van der Waals surface area contributed by atoms with Crippen molar-refractivity contribution in [3.05, 3.63) is 23.9 Å². The summed E-state index contributed by atoms with van der Waals surface area (Å²) in [5.41, 5.74) is 1.08. The first-order valence-electron chi connectivity index (χ1n) is 4.45. The van der Waals surface area contributed by atoms with Crippen LogP contribution in [0.4, 0.5) is 0 Å². The van der Waals surface area contributed by atoms with Gasteiger partial charge in [-0.1, -0.05) is 6.07 Å². The summed E-state index contributed by atoms with van der Waals surface area (Å²) in [5.74, 6) is 0.597. The van der Waals surface area contributed by atoms with Crippen molar-refractivity contribution in [1.29, 1.82) is 0 Å². The standard InChI is InChI=1S/C10H14N2O2/c1-8(13)11-6-5-9-3-4-10(14-2)12-7-9/h3-4,7H,5-6H2,1-2H3,(H,11,13). The lowest BCUT2D eigenvalue weighted by atomic mass is 10.2. The zero-order valence-electron chi connectivity index (χ0n) is 8.41. The molecule has 0 aliphatic carbocycles. The van der Waals surface area contributed by atoms with E-state index in [1.807, 2.05) is 12.1 Å². The van der Waals surface area contributed by atoms with Gasteiger partial charge in [-0.3, -0.25) is 4.79 Å². The number of aromatic nitrogens is 1. The van der Waals surface area contributed by atoms with Gasteiger partial charge in [0.25, 0.3) is 0 Å². The molecule has 0 bridgehead atoms. The van der Waals surface area contributed by atoms with E-state index in [4.69, 9.17) is 4.74 Å². The van der Waals surface area contributed by atoms with Gasteiger partial charge in [-0.05, 0) is 12.0 Å². The Balaban J connectivity index is 2.40. The number of nitrogens with zero attached hydrogens (tertiary/aromatic N) is 1. The number of rotatable bonds is 4. The third-order valence-electron chi connectivity index (χ3n) is 1.79. The van der Waals surface area contributed by atoms with Crippen LogP contribution in [-0.2, 0) is 11.2 Å². The van der Waals surface area contributed by atoms with E-state index in [1.54, 1.807) is 13.3 Å². The predicted octanol–water partition coefficient (Wildman–Crippen LogP) is 0.769. The molecule has 0 spiro atoms. The predicted molar refractivity (Wildman–Crippen MR) is 53.2 cm³/mol. The quantitative estimate of drug-likeness (QED) is 0.770. The molecular weight excluding hydrogens is 180 g/mol. The van der Waals surface area contributed by atoms with Crippen LogP contribution in [0.2, 0.25) is 0 Å². The van der Waals surface area contributed by atoms with Gasteiger partial charge in [-0.2, -0.15) is 0 Å². The van der Waals surface area contributed by atoms with Crippen molar-refractivity contribution in [3.63, 3.8) is 0 Å². The number of ether oxygens (including phenoxy) is 1. The maximum Gasteiger partial charge on any atom is 0.216 e. The Morgan fingerprint density at radius 1 is 1.57 bits per heavy atom. The highest BCUT2D eigenvalue weighted by Crippen LogP contribution is 2.06. The summed E-state index contributed by atoms with van der Waals surface area (Å²) >= 11 is 0. The van der Waals surface area contributed by atoms with Crippen molar-refractivity contribution in [2.75, 3.05) is 13.7 Å². The van der Waals surface area contributed by atoms with Crippen LogP contribution in [0.3, 0.4) is 0 Å². The number of pyridine rings is 1. The van der Waals surface area contributed by atoms with Gasteiger partial charge in [-0.25, -0.2) is 4.98 Å². The molecule has 1 aromatic rings. The molecule has 0 aromatic carbocycles. The molecule has 1 aromatic heterocycles. The molecule has 0 saturated heterocycles. The lowest BCUT2D eigenvalue weighted by Gasteiger charge is -2.03. The second-order valence-corrected chi connectivity index (χ2v) is 2.94. The first kappa shape index (κ1) is 10.5. The van der Waals surface area contributed by atoms with Crippen LogP contribution in [0.5, 0.6) is 5.88 Å². The number of carbonyl (C=O) groups is 1. The minimum atomic E-state index is -0.00790. The molecule has 4 heteroatoms. The van der Waals surface area contributed by atoms with Gasteiger partial charge >= 0.3 is 0 Å². The molecular formula is C10H14N2O2. The normalized spacial score (nSPS) is 9.57. The number of amides is 1. The average molecular weight is 194 g/mol. The molecule has 0 unspecified atom stereocenters. The Labute approximate surface area is 83.3 Å². The Morgan fingerprint density at radius 2 is 2.36 bits per heavy atom. The first-order valence-corrected chi connectivity index (χ1v) is 4.45. The third kappa shape index (κ3) is 3.43. The Bertz CT molecular complexity index is 295. The largest absolute Gasteiger partial charge is 0.481 e. The maximum absolute atomic E-state index is 10.6. The van der Waals surface area contributed by atoms with E-state index < -0.39 is 0 Å². The molecule has 1 amide bonds. The van der Waals surface area contributed by atoms with E-state index in [-0.39, 0.29) is 5.91 Å². The number of hydrogen-bond donors (Lipinski definition) is 1. The smallest absolute Gasteiger partial charge is 0.216 e. The summed E-state index contributed by atoms with van der Waals surface area (Å²) in [6, 6.07) is 3.75. The molecule has 1 N–H and O–H groups in total. The lowest BCUT2D eigenvalue weighted by Crippen LogP contribution is -2.22. The number of carbonyl (C=O) groups excluding carboxylic acids is 1. The fourth-order valence-electron chi connectivity index (χ4n) is 1.06. The molecule has 0 aliphatic rings. The van der Waals surface area contributed by atoms with Crippen LogP contribution in [0.25, 0.3) is 0 Å². The van der Waals surface area contributed by atoms with Crippen molar-refractivity contribution in [2.45, 2.75) is 13.3 Å². The average Bonchev–Trinajstić information content (AvgIpc) is 2.18. The molecule has 0 radical (unpaired) electrons. The van der Waals surface area contributed by atoms with E-state index in [1.165, 1.54) is 6.92 Å². The van der Waals surface area contributed by atoms with Crippen molar-refractivity contribution in [2.24, 2.45) is 0 Å².